The smallest absolute Gasteiger partial charge is 0.142 e. The van der Waals surface area contributed by atoms with E-state index in [2.05, 4.69) is 20.9 Å². The minimum absolute atomic E-state index is 0.125. The number of aliphatic hydroxyl groups excluding tert-OH is 1. The lowest BCUT2D eigenvalue weighted by Crippen LogP contribution is -1.93. The summed E-state index contributed by atoms with van der Waals surface area (Å²) in [5, 5.41) is 10.3. The third kappa shape index (κ3) is 2.36. The van der Waals surface area contributed by atoms with Crippen LogP contribution < -0.4 is 0 Å². The van der Waals surface area contributed by atoms with Gasteiger partial charge < -0.3 is 9.67 Å². The zero-order valence-corrected chi connectivity index (χ0v) is 12.0. The predicted molar refractivity (Wildman–Crippen MR) is 72.3 cm³/mol. The van der Waals surface area contributed by atoms with Crippen LogP contribution in [0.25, 0.3) is 11.4 Å². The average molecular weight is 336 g/mol. The highest BCUT2D eigenvalue weighted by Gasteiger charge is 2.15. The van der Waals surface area contributed by atoms with Crippen LogP contribution in [0.2, 0.25) is 10.0 Å². The number of aliphatic hydroxyl groups is 1. The van der Waals surface area contributed by atoms with Gasteiger partial charge in [-0.25, -0.2) is 4.98 Å². The van der Waals surface area contributed by atoms with Crippen molar-refractivity contribution in [2.75, 3.05) is 0 Å². The van der Waals surface area contributed by atoms with Crippen LogP contribution >= 0.6 is 39.1 Å². The molecule has 0 aliphatic heterocycles. The van der Waals surface area contributed by atoms with Gasteiger partial charge in [-0.2, -0.15) is 0 Å². The van der Waals surface area contributed by atoms with Crippen LogP contribution in [0.5, 0.6) is 0 Å². The lowest BCUT2D eigenvalue weighted by molar-refractivity contribution is 0.276. The van der Waals surface area contributed by atoms with Gasteiger partial charge >= 0.3 is 0 Å². The van der Waals surface area contributed by atoms with Crippen LogP contribution in [0, 0.1) is 0 Å². The van der Waals surface area contributed by atoms with Gasteiger partial charge in [0.05, 0.1) is 17.3 Å². The summed E-state index contributed by atoms with van der Waals surface area (Å²) >= 11 is 15.3. The number of hydrogen-bond donors (Lipinski definition) is 1. The summed E-state index contributed by atoms with van der Waals surface area (Å²) in [6.07, 6.45) is 0. The van der Waals surface area contributed by atoms with Crippen LogP contribution in [0.3, 0.4) is 0 Å². The first-order valence-electron chi connectivity index (χ1n) is 4.82. The summed E-state index contributed by atoms with van der Waals surface area (Å²) in [6.45, 7) is -0.125. The Hall–Kier alpha value is -0.550. The number of imidazole rings is 1. The second-order valence-electron chi connectivity index (χ2n) is 3.51. The molecule has 0 aliphatic rings. The maximum absolute atomic E-state index is 9.16. The number of benzene rings is 1. The van der Waals surface area contributed by atoms with E-state index in [1.165, 1.54) is 0 Å². The zero-order chi connectivity index (χ0) is 12.6. The minimum Gasteiger partial charge on any atom is -0.390 e. The predicted octanol–water partition coefficient (Wildman–Crippen LogP) is 3.65. The fourth-order valence-corrected chi connectivity index (χ4v) is 2.42. The zero-order valence-electron chi connectivity index (χ0n) is 8.91. The molecule has 17 heavy (non-hydrogen) atoms. The van der Waals surface area contributed by atoms with E-state index in [9.17, 15) is 0 Å². The van der Waals surface area contributed by atoms with E-state index < -0.39 is 0 Å². The van der Waals surface area contributed by atoms with Gasteiger partial charge in [-0.3, -0.25) is 0 Å². The molecule has 1 heterocycles. The van der Waals surface area contributed by atoms with Crippen molar-refractivity contribution in [2.24, 2.45) is 7.05 Å². The summed E-state index contributed by atoms with van der Waals surface area (Å²) in [4.78, 5) is 4.33. The monoisotopic (exact) mass is 334 g/mol. The summed E-state index contributed by atoms with van der Waals surface area (Å²) in [5.41, 5.74) is 1.35. The van der Waals surface area contributed by atoms with E-state index in [1.807, 2.05) is 11.6 Å². The molecule has 90 valence electrons. The van der Waals surface area contributed by atoms with Gasteiger partial charge in [0.2, 0.25) is 0 Å². The maximum Gasteiger partial charge on any atom is 0.142 e. The number of halogens is 3. The Morgan fingerprint density at radius 1 is 1.41 bits per heavy atom. The van der Waals surface area contributed by atoms with E-state index in [0.717, 1.165) is 10.2 Å². The minimum atomic E-state index is -0.125. The van der Waals surface area contributed by atoms with Crippen molar-refractivity contribution in [1.29, 1.82) is 0 Å². The quantitative estimate of drug-likeness (QED) is 0.909. The molecule has 0 aliphatic carbocycles. The third-order valence-electron chi connectivity index (χ3n) is 2.41. The Balaban J connectivity index is 2.60. The average Bonchev–Trinajstić information content (AvgIpc) is 2.57. The molecule has 0 amide bonds. The highest BCUT2D eigenvalue weighted by atomic mass is 79.9. The molecule has 0 saturated carbocycles. The third-order valence-corrected chi connectivity index (χ3v) is 3.95. The Bertz CT molecular complexity index is 569. The molecule has 0 saturated heterocycles. The summed E-state index contributed by atoms with van der Waals surface area (Å²) < 4.78 is 2.56. The largest absolute Gasteiger partial charge is 0.390 e. The molecule has 0 fully saturated rings. The van der Waals surface area contributed by atoms with E-state index in [0.29, 0.717) is 21.6 Å². The molecule has 2 rings (SSSR count). The van der Waals surface area contributed by atoms with Gasteiger partial charge in [-0.15, -0.1) is 0 Å². The Morgan fingerprint density at radius 2 is 2.12 bits per heavy atom. The van der Waals surface area contributed by atoms with Gasteiger partial charge in [-0.05, 0) is 34.1 Å². The van der Waals surface area contributed by atoms with E-state index in [-0.39, 0.29) is 6.61 Å². The molecule has 0 bridgehead atoms. The van der Waals surface area contributed by atoms with E-state index >= 15 is 0 Å². The molecule has 1 N–H and O–H groups in total. The SMILES string of the molecule is Cn1c(-c2ccc(Cl)cc2Cl)nc(CO)c1Br. The van der Waals surface area contributed by atoms with Crippen molar-refractivity contribution >= 4 is 39.1 Å². The fourth-order valence-electron chi connectivity index (χ4n) is 1.55. The number of nitrogens with zero attached hydrogens (tertiary/aromatic N) is 2. The van der Waals surface area contributed by atoms with Crippen molar-refractivity contribution < 1.29 is 5.11 Å². The first-order valence-corrected chi connectivity index (χ1v) is 6.37. The number of rotatable bonds is 2. The first-order chi connectivity index (χ1) is 8.04. The highest BCUT2D eigenvalue weighted by molar-refractivity contribution is 9.10. The van der Waals surface area contributed by atoms with Crippen molar-refractivity contribution in [2.45, 2.75) is 6.61 Å². The molecule has 1 aromatic heterocycles. The topological polar surface area (TPSA) is 38.0 Å². The molecule has 6 heteroatoms. The standard InChI is InChI=1S/C11H9BrCl2N2O/c1-16-10(12)9(5-17)15-11(16)7-3-2-6(13)4-8(7)14/h2-4,17H,5H2,1H3. The first kappa shape index (κ1) is 12.9. The summed E-state index contributed by atoms with van der Waals surface area (Å²) in [5.74, 6) is 0.683. The van der Waals surface area contributed by atoms with Crippen molar-refractivity contribution in [3.8, 4) is 11.4 Å². The van der Waals surface area contributed by atoms with Crippen LogP contribution in [0.1, 0.15) is 5.69 Å². The molecular formula is C11H9BrCl2N2O. The normalized spacial score (nSPS) is 10.9. The Labute approximate surface area is 117 Å². The van der Waals surface area contributed by atoms with Crippen molar-refractivity contribution in [3.05, 3.63) is 38.5 Å². The second kappa shape index (κ2) is 4.98. The van der Waals surface area contributed by atoms with Crippen LogP contribution in [-0.2, 0) is 13.7 Å². The Kier molecular flexibility index (Phi) is 3.78. The van der Waals surface area contributed by atoms with Gasteiger partial charge in [0, 0.05) is 17.6 Å². The summed E-state index contributed by atoms with van der Waals surface area (Å²) in [6, 6.07) is 5.23. The van der Waals surface area contributed by atoms with E-state index in [1.54, 1.807) is 18.2 Å². The lowest BCUT2D eigenvalue weighted by Gasteiger charge is -2.05. The summed E-state index contributed by atoms with van der Waals surface area (Å²) in [7, 11) is 1.84. The second-order valence-corrected chi connectivity index (χ2v) is 5.11. The van der Waals surface area contributed by atoms with Crippen LogP contribution in [0.4, 0.5) is 0 Å². The molecule has 0 unspecified atom stereocenters. The maximum atomic E-state index is 9.16. The molecular weight excluding hydrogens is 327 g/mol. The molecule has 2 aromatic rings. The Morgan fingerprint density at radius 3 is 2.65 bits per heavy atom. The van der Waals surface area contributed by atoms with Crippen LogP contribution in [0.15, 0.2) is 22.8 Å². The van der Waals surface area contributed by atoms with Crippen molar-refractivity contribution in [3.63, 3.8) is 0 Å². The highest BCUT2D eigenvalue weighted by Crippen LogP contribution is 2.32. The van der Waals surface area contributed by atoms with E-state index in [4.69, 9.17) is 28.3 Å². The fraction of sp³-hybridized carbons (Fsp3) is 0.182. The van der Waals surface area contributed by atoms with Gasteiger partial charge in [0.15, 0.2) is 0 Å². The molecule has 0 atom stereocenters. The molecule has 0 spiro atoms. The van der Waals surface area contributed by atoms with Gasteiger partial charge in [-0.1, -0.05) is 23.2 Å². The van der Waals surface area contributed by atoms with Gasteiger partial charge in [0.25, 0.3) is 0 Å². The van der Waals surface area contributed by atoms with Gasteiger partial charge in [0.1, 0.15) is 10.4 Å². The van der Waals surface area contributed by atoms with Crippen molar-refractivity contribution in [1.82, 2.24) is 9.55 Å². The number of aromatic nitrogens is 2. The van der Waals surface area contributed by atoms with Crippen LogP contribution in [-0.4, -0.2) is 14.7 Å². The number of hydrogen-bond acceptors (Lipinski definition) is 2. The molecule has 0 radical (unpaired) electrons. The lowest BCUT2D eigenvalue weighted by atomic mass is 10.2. The molecule has 3 nitrogen and oxygen atoms in total. The molecule has 1 aromatic carbocycles.